The molecule has 2 heterocycles. The summed E-state index contributed by atoms with van der Waals surface area (Å²) in [6.07, 6.45) is 0.681. The molecule has 1 unspecified atom stereocenters. The first kappa shape index (κ1) is 18.3. The van der Waals surface area contributed by atoms with E-state index in [2.05, 4.69) is 24.9 Å². The van der Waals surface area contributed by atoms with Crippen molar-refractivity contribution in [3.05, 3.63) is 48.0 Å². The molecule has 0 bridgehead atoms. The van der Waals surface area contributed by atoms with Gasteiger partial charge in [0.15, 0.2) is 17.5 Å². The monoisotopic (exact) mass is 379 g/mol. The Kier molecular flexibility index (Phi) is 4.49. The average molecular weight is 379 g/mol. The van der Waals surface area contributed by atoms with Crippen LogP contribution in [0.3, 0.4) is 0 Å². The van der Waals surface area contributed by atoms with Gasteiger partial charge in [-0.1, -0.05) is 38.1 Å². The van der Waals surface area contributed by atoms with E-state index in [4.69, 9.17) is 15.2 Å². The van der Waals surface area contributed by atoms with E-state index in [1.54, 1.807) is 4.90 Å². The molecule has 2 aliphatic heterocycles. The third kappa shape index (κ3) is 3.30. The van der Waals surface area contributed by atoms with Gasteiger partial charge in [0.2, 0.25) is 6.79 Å². The molecule has 0 aliphatic carbocycles. The molecule has 2 aliphatic rings. The SMILES string of the molecule is CC(C)CC1(C)N=C(N)N(Cc2cccc(-c3ccc4c(c3)OCO4)c2)C1=O. The lowest BCUT2D eigenvalue weighted by molar-refractivity contribution is -0.131. The van der Waals surface area contributed by atoms with Gasteiger partial charge in [0.25, 0.3) is 5.91 Å². The molecule has 0 spiro atoms. The Balaban J connectivity index is 1.56. The van der Waals surface area contributed by atoms with E-state index in [1.165, 1.54) is 0 Å². The minimum atomic E-state index is -0.771. The van der Waals surface area contributed by atoms with E-state index in [0.717, 1.165) is 28.2 Å². The number of hydrogen-bond acceptors (Lipinski definition) is 5. The number of amides is 1. The van der Waals surface area contributed by atoms with Gasteiger partial charge in [-0.2, -0.15) is 0 Å². The van der Waals surface area contributed by atoms with Crippen LogP contribution < -0.4 is 15.2 Å². The minimum Gasteiger partial charge on any atom is -0.454 e. The van der Waals surface area contributed by atoms with Crippen molar-refractivity contribution in [2.45, 2.75) is 39.3 Å². The molecular weight excluding hydrogens is 354 g/mol. The molecule has 28 heavy (non-hydrogen) atoms. The lowest BCUT2D eigenvalue weighted by Crippen LogP contribution is -2.43. The van der Waals surface area contributed by atoms with Crippen molar-refractivity contribution in [3.8, 4) is 22.6 Å². The number of ether oxygens (including phenoxy) is 2. The second-order valence-electron chi connectivity index (χ2n) is 8.00. The molecule has 6 nitrogen and oxygen atoms in total. The Bertz CT molecular complexity index is 954. The Morgan fingerprint density at radius 2 is 1.89 bits per heavy atom. The first-order valence-electron chi connectivity index (χ1n) is 9.52. The molecule has 1 amide bonds. The van der Waals surface area contributed by atoms with Crippen molar-refractivity contribution in [1.82, 2.24) is 4.90 Å². The fourth-order valence-corrected chi connectivity index (χ4v) is 3.94. The summed E-state index contributed by atoms with van der Waals surface area (Å²) in [4.78, 5) is 19.0. The van der Waals surface area contributed by atoms with E-state index in [0.29, 0.717) is 24.8 Å². The van der Waals surface area contributed by atoms with E-state index >= 15 is 0 Å². The second kappa shape index (κ2) is 6.86. The fraction of sp³-hybridized carbons (Fsp3) is 0.364. The largest absolute Gasteiger partial charge is 0.454 e. The molecule has 2 aromatic rings. The first-order valence-corrected chi connectivity index (χ1v) is 9.52. The van der Waals surface area contributed by atoms with Crippen molar-refractivity contribution in [3.63, 3.8) is 0 Å². The van der Waals surface area contributed by atoms with Gasteiger partial charge >= 0.3 is 0 Å². The van der Waals surface area contributed by atoms with Gasteiger partial charge in [-0.25, -0.2) is 4.99 Å². The summed E-state index contributed by atoms with van der Waals surface area (Å²) in [6, 6.07) is 14.0. The number of fused-ring (bicyclic) bond motifs is 1. The summed E-state index contributed by atoms with van der Waals surface area (Å²) in [5.41, 5.74) is 8.41. The van der Waals surface area contributed by atoms with Gasteiger partial charge in [-0.15, -0.1) is 0 Å². The summed E-state index contributed by atoms with van der Waals surface area (Å²) < 4.78 is 10.9. The Hall–Kier alpha value is -3.02. The zero-order valence-electron chi connectivity index (χ0n) is 16.4. The van der Waals surface area contributed by atoms with Gasteiger partial charge in [0.1, 0.15) is 5.54 Å². The lowest BCUT2D eigenvalue weighted by atomic mass is 9.91. The molecule has 0 radical (unpaired) electrons. The molecule has 0 saturated heterocycles. The Morgan fingerprint density at radius 3 is 2.68 bits per heavy atom. The van der Waals surface area contributed by atoms with Gasteiger partial charge in [-0.05, 0) is 54.2 Å². The minimum absolute atomic E-state index is 0.0350. The molecule has 1 atom stereocenters. The molecule has 2 aromatic carbocycles. The highest BCUT2D eigenvalue weighted by molar-refractivity contribution is 6.06. The number of aliphatic imine (C=N–C) groups is 1. The molecule has 6 heteroatoms. The third-order valence-corrected chi connectivity index (χ3v) is 5.12. The normalized spacial score (nSPS) is 20.8. The number of carbonyl (C=O) groups is 1. The van der Waals surface area contributed by atoms with Crippen LogP contribution in [0.15, 0.2) is 47.5 Å². The predicted molar refractivity (Wildman–Crippen MR) is 108 cm³/mol. The van der Waals surface area contributed by atoms with Crippen molar-refractivity contribution in [2.24, 2.45) is 16.6 Å². The van der Waals surface area contributed by atoms with E-state index in [-0.39, 0.29) is 12.7 Å². The summed E-state index contributed by atoms with van der Waals surface area (Å²) in [5, 5.41) is 0. The van der Waals surface area contributed by atoms with Crippen LogP contribution >= 0.6 is 0 Å². The number of nitrogens with zero attached hydrogens (tertiary/aromatic N) is 2. The molecule has 0 fully saturated rings. The highest BCUT2D eigenvalue weighted by Gasteiger charge is 2.44. The summed E-state index contributed by atoms with van der Waals surface area (Å²) in [5.74, 6) is 2.13. The number of carbonyl (C=O) groups excluding carboxylic acids is 1. The van der Waals surface area contributed by atoms with Crippen LogP contribution in [-0.4, -0.2) is 29.1 Å². The van der Waals surface area contributed by atoms with Crippen molar-refractivity contribution < 1.29 is 14.3 Å². The maximum atomic E-state index is 13.0. The molecule has 146 valence electrons. The summed E-state index contributed by atoms with van der Waals surface area (Å²) >= 11 is 0. The zero-order chi connectivity index (χ0) is 19.9. The standard InChI is InChI=1S/C22H25N3O3/c1-14(2)11-22(3)20(26)25(21(23)24-22)12-15-5-4-6-16(9-15)17-7-8-18-19(10-17)28-13-27-18/h4-10,14H,11-13H2,1-3H3,(H2,23,24). The van der Waals surface area contributed by atoms with E-state index in [9.17, 15) is 4.79 Å². The topological polar surface area (TPSA) is 77.2 Å². The highest BCUT2D eigenvalue weighted by atomic mass is 16.7. The third-order valence-electron chi connectivity index (χ3n) is 5.12. The quantitative estimate of drug-likeness (QED) is 0.862. The molecule has 0 saturated carbocycles. The predicted octanol–water partition coefficient (Wildman–Crippen LogP) is 3.54. The number of nitrogens with two attached hydrogens (primary N) is 1. The molecule has 2 N–H and O–H groups in total. The van der Waals surface area contributed by atoms with Crippen molar-refractivity contribution >= 4 is 11.9 Å². The maximum Gasteiger partial charge on any atom is 0.257 e. The van der Waals surface area contributed by atoms with Crippen LogP contribution in [-0.2, 0) is 11.3 Å². The number of rotatable bonds is 5. The van der Waals surface area contributed by atoms with Crippen LogP contribution in [0.4, 0.5) is 0 Å². The van der Waals surface area contributed by atoms with Crippen molar-refractivity contribution in [2.75, 3.05) is 6.79 Å². The highest BCUT2D eigenvalue weighted by Crippen LogP contribution is 2.36. The van der Waals surface area contributed by atoms with Gasteiger partial charge in [0.05, 0.1) is 6.54 Å². The van der Waals surface area contributed by atoms with Crippen LogP contribution in [0.5, 0.6) is 11.5 Å². The Morgan fingerprint density at radius 1 is 1.14 bits per heavy atom. The van der Waals surface area contributed by atoms with E-state index in [1.807, 2.05) is 43.3 Å². The molecule has 4 rings (SSSR count). The Labute approximate surface area is 165 Å². The number of guanidine groups is 1. The van der Waals surface area contributed by atoms with Crippen LogP contribution in [0.1, 0.15) is 32.8 Å². The second-order valence-corrected chi connectivity index (χ2v) is 8.00. The summed E-state index contributed by atoms with van der Waals surface area (Å²) in [6.45, 7) is 6.69. The van der Waals surface area contributed by atoms with Gasteiger partial charge in [-0.3, -0.25) is 9.69 Å². The number of benzene rings is 2. The average Bonchev–Trinajstić information content (AvgIpc) is 3.19. The maximum absolute atomic E-state index is 13.0. The molecule has 0 aromatic heterocycles. The lowest BCUT2D eigenvalue weighted by Gasteiger charge is -2.23. The van der Waals surface area contributed by atoms with Crippen molar-refractivity contribution in [1.29, 1.82) is 0 Å². The molecular formula is C22H25N3O3. The fourth-order valence-electron chi connectivity index (χ4n) is 3.94. The van der Waals surface area contributed by atoms with Gasteiger partial charge < -0.3 is 15.2 Å². The van der Waals surface area contributed by atoms with E-state index < -0.39 is 5.54 Å². The summed E-state index contributed by atoms with van der Waals surface area (Å²) in [7, 11) is 0. The van der Waals surface area contributed by atoms with Gasteiger partial charge in [0, 0.05) is 0 Å². The van der Waals surface area contributed by atoms with Crippen LogP contribution in [0, 0.1) is 5.92 Å². The first-order chi connectivity index (χ1) is 13.4. The van der Waals surface area contributed by atoms with Crippen LogP contribution in [0.25, 0.3) is 11.1 Å². The smallest absolute Gasteiger partial charge is 0.257 e. The van der Waals surface area contributed by atoms with Crippen LogP contribution in [0.2, 0.25) is 0 Å². The number of hydrogen-bond donors (Lipinski definition) is 1. The zero-order valence-corrected chi connectivity index (χ0v) is 16.4.